The van der Waals surface area contributed by atoms with Crippen molar-refractivity contribution >= 4 is 17.8 Å². The van der Waals surface area contributed by atoms with Gasteiger partial charge < -0.3 is 10.6 Å². The van der Waals surface area contributed by atoms with Crippen molar-refractivity contribution in [2.75, 3.05) is 13.1 Å². The summed E-state index contributed by atoms with van der Waals surface area (Å²) in [4.78, 5) is 12.5. The molecule has 1 aliphatic heterocycles. The van der Waals surface area contributed by atoms with E-state index in [0.717, 1.165) is 13.1 Å². The molecular weight excluding hydrogens is 160 g/mol. The molecule has 0 aromatic rings. The van der Waals surface area contributed by atoms with Gasteiger partial charge in [-0.2, -0.15) is 11.8 Å². The van der Waals surface area contributed by atoms with Gasteiger partial charge in [0.25, 0.3) is 0 Å². The zero-order chi connectivity index (χ0) is 8.43. The Morgan fingerprint density at radius 3 is 2.27 bits per heavy atom. The molecule has 0 bridgehead atoms. The van der Waals surface area contributed by atoms with Crippen molar-refractivity contribution in [2.24, 2.45) is 5.73 Å². The lowest BCUT2D eigenvalue weighted by atomic mass is 10.3. The summed E-state index contributed by atoms with van der Waals surface area (Å²) in [6, 6.07) is -0.288. The van der Waals surface area contributed by atoms with Crippen LogP contribution in [0, 0.1) is 0 Å². The number of hydrogen-bond acceptors (Lipinski definition) is 2. The molecule has 3 nitrogen and oxygen atoms in total. The van der Waals surface area contributed by atoms with Gasteiger partial charge in [-0.25, -0.2) is 4.79 Å². The molecule has 2 atom stereocenters. The molecule has 0 saturated carbocycles. The van der Waals surface area contributed by atoms with Crippen LogP contribution in [0.25, 0.3) is 0 Å². The van der Waals surface area contributed by atoms with Crippen LogP contribution in [-0.4, -0.2) is 34.5 Å². The fraction of sp³-hybridized carbons (Fsp3) is 0.857. The summed E-state index contributed by atoms with van der Waals surface area (Å²) >= 11 is 1.91. The van der Waals surface area contributed by atoms with E-state index >= 15 is 0 Å². The van der Waals surface area contributed by atoms with Gasteiger partial charge in [0.2, 0.25) is 0 Å². The van der Waals surface area contributed by atoms with Crippen molar-refractivity contribution in [3.8, 4) is 0 Å². The van der Waals surface area contributed by atoms with Gasteiger partial charge in [-0.1, -0.05) is 13.8 Å². The number of carbonyl (C=O) groups is 1. The summed E-state index contributed by atoms with van der Waals surface area (Å²) in [5.74, 6) is 0. The van der Waals surface area contributed by atoms with Crippen LogP contribution in [0.5, 0.6) is 0 Å². The molecule has 0 radical (unpaired) electrons. The molecule has 1 heterocycles. The third kappa shape index (κ3) is 2.29. The van der Waals surface area contributed by atoms with Crippen LogP contribution in [0.3, 0.4) is 0 Å². The van der Waals surface area contributed by atoms with Crippen LogP contribution in [0.2, 0.25) is 0 Å². The summed E-state index contributed by atoms with van der Waals surface area (Å²) in [7, 11) is 0. The molecule has 1 aliphatic rings. The highest BCUT2D eigenvalue weighted by Gasteiger charge is 2.23. The Morgan fingerprint density at radius 1 is 1.45 bits per heavy atom. The van der Waals surface area contributed by atoms with E-state index in [4.69, 9.17) is 5.73 Å². The fourth-order valence-electron chi connectivity index (χ4n) is 1.36. The van der Waals surface area contributed by atoms with Crippen LogP contribution >= 0.6 is 11.8 Å². The smallest absolute Gasteiger partial charge is 0.314 e. The molecule has 1 fully saturated rings. The van der Waals surface area contributed by atoms with E-state index in [9.17, 15) is 4.79 Å². The molecule has 2 amide bonds. The number of hydrogen-bond donors (Lipinski definition) is 1. The third-order valence-electron chi connectivity index (χ3n) is 1.73. The maximum Gasteiger partial charge on any atom is 0.314 e. The van der Waals surface area contributed by atoms with Crippen LogP contribution in [-0.2, 0) is 0 Å². The number of nitrogens with two attached hydrogens (primary N) is 1. The van der Waals surface area contributed by atoms with E-state index in [1.54, 1.807) is 4.90 Å². The highest BCUT2D eigenvalue weighted by atomic mass is 32.2. The van der Waals surface area contributed by atoms with Crippen LogP contribution in [0.15, 0.2) is 0 Å². The van der Waals surface area contributed by atoms with Crippen LogP contribution in [0.1, 0.15) is 13.8 Å². The number of rotatable bonds is 0. The Balaban J connectivity index is 2.49. The zero-order valence-corrected chi connectivity index (χ0v) is 7.73. The minimum atomic E-state index is -0.288. The molecule has 64 valence electrons. The summed E-state index contributed by atoms with van der Waals surface area (Å²) in [6.07, 6.45) is 0. The molecule has 0 aromatic heterocycles. The number of amides is 2. The van der Waals surface area contributed by atoms with Crippen molar-refractivity contribution in [1.82, 2.24) is 4.90 Å². The SMILES string of the molecule is C[C@H]1CN(C(N)=O)C[C@H](C)S1. The minimum Gasteiger partial charge on any atom is -0.351 e. The largest absolute Gasteiger partial charge is 0.351 e. The first-order valence-corrected chi connectivity index (χ1v) is 4.73. The Labute approximate surface area is 71.3 Å². The van der Waals surface area contributed by atoms with Gasteiger partial charge in [0.15, 0.2) is 0 Å². The Hall–Kier alpha value is -0.380. The van der Waals surface area contributed by atoms with Crippen molar-refractivity contribution < 1.29 is 4.79 Å². The van der Waals surface area contributed by atoms with Gasteiger partial charge in [-0.3, -0.25) is 0 Å². The molecule has 2 N–H and O–H groups in total. The van der Waals surface area contributed by atoms with E-state index < -0.39 is 0 Å². The predicted molar refractivity (Wildman–Crippen MR) is 47.7 cm³/mol. The van der Waals surface area contributed by atoms with E-state index in [1.165, 1.54) is 0 Å². The lowest BCUT2D eigenvalue weighted by Gasteiger charge is -2.33. The summed E-state index contributed by atoms with van der Waals surface area (Å²) in [5, 5.41) is 1.04. The second-order valence-electron chi connectivity index (χ2n) is 3.00. The lowest BCUT2D eigenvalue weighted by Crippen LogP contribution is -2.46. The van der Waals surface area contributed by atoms with Crippen LogP contribution < -0.4 is 5.73 Å². The molecular formula is C7H14N2OS. The van der Waals surface area contributed by atoms with E-state index in [2.05, 4.69) is 13.8 Å². The van der Waals surface area contributed by atoms with Gasteiger partial charge in [0.1, 0.15) is 0 Å². The van der Waals surface area contributed by atoms with Gasteiger partial charge >= 0.3 is 6.03 Å². The molecule has 4 heteroatoms. The predicted octanol–water partition coefficient (Wildman–Crippen LogP) is 0.891. The van der Waals surface area contributed by atoms with E-state index in [1.807, 2.05) is 11.8 Å². The molecule has 11 heavy (non-hydrogen) atoms. The summed E-state index contributed by atoms with van der Waals surface area (Å²) in [6.45, 7) is 5.83. The number of thioether (sulfide) groups is 1. The molecule has 0 unspecified atom stereocenters. The second kappa shape index (κ2) is 3.34. The maximum absolute atomic E-state index is 10.8. The Bertz CT molecular complexity index is 153. The highest BCUT2D eigenvalue weighted by molar-refractivity contribution is 8.00. The Kier molecular flexibility index (Phi) is 2.65. The molecule has 0 aromatic carbocycles. The van der Waals surface area contributed by atoms with Crippen LogP contribution in [0.4, 0.5) is 4.79 Å². The number of urea groups is 1. The molecule has 0 aliphatic carbocycles. The van der Waals surface area contributed by atoms with Crippen molar-refractivity contribution in [3.63, 3.8) is 0 Å². The van der Waals surface area contributed by atoms with Crippen molar-refractivity contribution in [3.05, 3.63) is 0 Å². The first kappa shape index (κ1) is 8.71. The molecule has 1 saturated heterocycles. The minimum absolute atomic E-state index is 0.288. The normalized spacial score (nSPS) is 32.0. The molecule has 1 rings (SSSR count). The Morgan fingerprint density at radius 2 is 1.91 bits per heavy atom. The first-order valence-electron chi connectivity index (χ1n) is 3.79. The van der Waals surface area contributed by atoms with Crippen molar-refractivity contribution in [1.29, 1.82) is 0 Å². The topological polar surface area (TPSA) is 46.3 Å². The average Bonchev–Trinajstić information content (AvgIpc) is 1.85. The standard InChI is InChI=1S/C7H14N2OS/c1-5-3-9(7(8)10)4-6(2)11-5/h5-6H,3-4H2,1-2H3,(H2,8,10)/t5-,6-/m0/s1. The van der Waals surface area contributed by atoms with E-state index in [-0.39, 0.29) is 6.03 Å². The third-order valence-corrected chi connectivity index (χ3v) is 2.96. The lowest BCUT2D eigenvalue weighted by molar-refractivity contribution is 0.207. The van der Waals surface area contributed by atoms with Gasteiger partial charge in [-0.15, -0.1) is 0 Å². The second-order valence-corrected chi connectivity index (χ2v) is 4.88. The number of nitrogens with zero attached hydrogens (tertiary/aromatic N) is 1. The zero-order valence-electron chi connectivity index (χ0n) is 6.91. The van der Waals surface area contributed by atoms with Gasteiger partial charge in [0, 0.05) is 23.6 Å². The first-order chi connectivity index (χ1) is 5.09. The quantitative estimate of drug-likeness (QED) is 0.593. The monoisotopic (exact) mass is 174 g/mol. The highest BCUT2D eigenvalue weighted by Crippen LogP contribution is 2.24. The number of primary amides is 1. The fourth-order valence-corrected chi connectivity index (χ4v) is 2.68. The maximum atomic E-state index is 10.8. The van der Waals surface area contributed by atoms with Crippen molar-refractivity contribution in [2.45, 2.75) is 24.3 Å². The van der Waals surface area contributed by atoms with Gasteiger partial charge in [0.05, 0.1) is 0 Å². The average molecular weight is 174 g/mol. The number of carbonyl (C=O) groups excluding carboxylic acids is 1. The molecule has 0 spiro atoms. The summed E-state index contributed by atoms with van der Waals surface area (Å²) < 4.78 is 0. The van der Waals surface area contributed by atoms with E-state index in [0.29, 0.717) is 10.5 Å². The summed E-state index contributed by atoms with van der Waals surface area (Å²) in [5.41, 5.74) is 5.17. The van der Waals surface area contributed by atoms with Gasteiger partial charge in [-0.05, 0) is 0 Å².